The van der Waals surface area contributed by atoms with Gasteiger partial charge in [-0.05, 0) is 20.0 Å². The average molecular weight is 166 g/mol. The molecule has 0 aromatic carbocycles. The van der Waals surface area contributed by atoms with Gasteiger partial charge in [0.15, 0.2) is 0 Å². The number of alkyl halides is 2. The highest BCUT2D eigenvalue weighted by atomic mass is 19.3. The van der Waals surface area contributed by atoms with E-state index in [1.165, 1.54) is 0 Å². The van der Waals surface area contributed by atoms with Gasteiger partial charge < -0.3 is 10.6 Å². The smallest absolute Gasteiger partial charge is 0.315 e. The number of amides is 1. The minimum Gasteiger partial charge on any atom is -0.351 e. The number of carbonyl (C=O) groups is 1. The molecule has 0 unspecified atom stereocenters. The molecule has 0 bridgehead atoms. The van der Waals surface area contributed by atoms with Crippen LogP contribution in [0.25, 0.3) is 0 Å². The average Bonchev–Trinajstić information content (AvgIpc) is 1.97. The van der Waals surface area contributed by atoms with Gasteiger partial charge in [0, 0.05) is 6.54 Å². The van der Waals surface area contributed by atoms with Crippen LogP contribution in [0.2, 0.25) is 0 Å². The molecule has 0 rings (SSSR count). The highest BCUT2D eigenvalue weighted by Gasteiger charge is 2.12. The van der Waals surface area contributed by atoms with Gasteiger partial charge in [-0.15, -0.1) is 0 Å². The van der Waals surface area contributed by atoms with Gasteiger partial charge in [0.2, 0.25) is 0 Å². The predicted molar refractivity (Wildman–Crippen MR) is 37.6 cm³/mol. The van der Waals surface area contributed by atoms with E-state index in [1.807, 2.05) is 0 Å². The minimum absolute atomic E-state index is 0.296. The van der Waals surface area contributed by atoms with Crippen LogP contribution in [0.1, 0.15) is 6.42 Å². The van der Waals surface area contributed by atoms with Crippen LogP contribution < -0.4 is 10.6 Å². The van der Waals surface area contributed by atoms with Gasteiger partial charge in [-0.25, -0.2) is 0 Å². The molecule has 1 amide bonds. The molecule has 66 valence electrons. The highest BCUT2D eigenvalue weighted by molar-refractivity contribution is 5.78. The Morgan fingerprint density at radius 3 is 2.55 bits per heavy atom. The summed E-state index contributed by atoms with van der Waals surface area (Å²) in [7, 11) is 1.76. The van der Waals surface area contributed by atoms with Crippen molar-refractivity contribution in [1.82, 2.24) is 10.6 Å². The summed E-state index contributed by atoms with van der Waals surface area (Å²) in [6, 6.07) is 0. The summed E-state index contributed by atoms with van der Waals surface area (Å²) < 4.78 is 23.0. The van der Waals surface area contributed by atoms with Gasteiger partial charge in [-0.3, -0.25) is 4.79 Å². The van der Waals surface area contributed by atoms with Gasteiger partial charge in [-0.1, -0.05) is 0 Å². The Kier molecular flexibility index (Phi) is 5.64. The van der Waals surface area contributed by atoms with Crippen molar-refractivity contribution in [2.24, 2.45) is 0 Å². The van der Waals surface area contributed by atoms with Gasteiger partial charge in [0.25, 0.3) is 5.91 Å². The quantitative estimate of drug-likeness (QED) is 0.563. The fraction of sp³-hybridized carbons (Fsp3) is 0.833. The number of hydrogen-bond donors (Lipinski definition) is 2. The fourth-order valence-electron chi connectivity index (χ4n) is 0.554. The molecule has 0 saturated carbocycles. The summed E-state index contributed by atoms with van der Waals surface area (Å²) in [4.78, 5) is 10.2. The molecular weight excluding hydrogens is 154 g/mol. The van der Waals surface area contributed by atoms with Gasteiger partial charge in [0.1, 0.15) is 0 Å². The Balaban J connectivity index is 3.18. The number of carbonyl (C=O) groups excluding carboxylic acids is 1. The Bertz CT molecular complexity index is 119. The molecule has 0 aliphatic rings. The molecule has 3 nitrogen and oxygen atoms in total. The molecule has 0 spiro atoms. The van der Waals surface area contributed by atoms with Crippen LogP contribution in [-0.2, 0) is 4.79 Å². The van der Waals surface area contributed by atoms with Crippen molar-refractivity contribution in [2.75, 3.05) is 20.1 Å². The molecule has 0 fully saturated rings. The molecule has 0 aliphatic heterocycles. The second-order valence-electron chi connectivity index (χ2n) is 2.05. The standard InChI is InChI=1S/C6H12F2N2O/c1-9-3-2-4-10-6(11)5(7)8/h5,9H,2-4H2,1H3,(H,10,11). The topological polar surface area (TPSA) is 41.1 Å². The van der Waals surface area contributed by atoms with Crippen LogP contribution >= 0.6 is 0 Å². The SMILES string of the molecule is CNCCCNC(=O)C(F)F. The van der Waals surface area contributed by atoms with E-state index in [-0.39, 0.29) is 0 Å². The highest BCUT2D eigenvalue weighted by Crippen LogP contribution is 1.90. The van der Waals surface area contributed by atoms with Gasteiger partial charge >= 0.3 is 6.43 Å². The number of rotatable bonds is 5. The first-order valence-electron chi connectivity index (χ1n) is 3.39. The van der Waals surface area contributed by atoms with Crippen molar-refractivity contribution in [2.45, 2.75) is 12.8 Å². The fourth-order valence-corrected chi connectivity index (χ4v) is 0.554. The van der Waals surface area contributed by atoms with E-state index in [0.29, 0.717) is 19.5 Å². The molecule has 0 heterocycles. The molecule has 0 radical (unpaired) electrons. The normalized spacial score (nSPS) is 10.2. The largest absolute Gasteiger partial charge is 0.351 e. The van der Waals surface area contributed by atoms with E-state index in [9.17, 15) is 13.6 Å². The van der Waals surface area contributed by atoms with E-state index in [2.05, 4.69) is 10.6 Å². The summed E-state index contributed by atoms with van der Waals surface area (Å²) in [5, 5.41) is 4.92. The maximum absolute atomic E-state index is 11.5. The Morgan fingerprint density at radius 2 is 2.09 bits per heavy atom. The third-order valence-corrected chi connectivity index (χ3v) is 1.10. The molecule has 11 heavy (non-hydrogen) atoms. The number of halogens is 2. The van der Waals surface area contributed by atoms with E-state index >= 15 is 0 Å². The first-order chi connectivity index (χ1) is 5.18. The second-order valence-corrected chi connectivity index (χ2v) is 2.05. The van der Waals surface area contributed by atoms with Crippen molar-refractivity contribution in [1.29, 1.82) is 0 Å². The lowest BCUT2D eigenvalue weighted by Crippen LogP contribution is -2.31. The first-order valence-corrected chi connectivity index (χ1v) is 3.39. The Hall–Kier alpha value is -0.710. The molecule has 2 N–H and O–H groups in total. The number of hydrogen-bond acceptors (Lipinski definition) is 2. The zero-order chi connectivity index (χ0) is 8.69. The van der Waals surface area contributed by atoms with E-state index in [1.54, 1.807) is 7.05 Å². The first kappa shape index (κ1) is 10.3. The zero-order valence-electron chi connectivity index (χ0n) is 6.36. The lowest BCUT2D eigenvalue weighted by atomic mass is 10.4. The van der Waals surface area contributed by atoms with Crippen molar-refractivity contribution in [3.05, 3.63) is 0 Å². The van der Waals surface area contributed by atoms with Crippen molar-refractivity contribution < 1.29 is 13.6 Å². The second kappa shape index (κ2) is 6.03. The maximum atomic E-state index is 11.5. The summed E-state index contributed by atoms with van der Waals surface area (Å²) >= 11 is 0. The molecule has 0 aliphatic carbocycles. The lowest BCUT2D eigenvalue weighted by Gasteiger charge is -2.02. The van der Waals surface area contributed by atoms with Crippen LogP contribution in [0.5, 0.6) is 0 Å². The zero-order valence-corrected chi connectivity index (χ0v) is 6.36. The van der Waals surface area contributed by atoms with E-state index < -0.39 is 12.3 Å². The van der Waals surface area contributed by atoms with E-state index in [0.717, 1.165) is 0 Å². The van der Waals surface area contributed by atoms with E-state index in [4.69, 9.17) is 0 Å². The van der Waals surface area contributed by atoms with Gasteiger partial charge in [0.05, 0.1) is 0 Å². The molecule has 0 aromatic rings. The van der Waals surface area contributed by atoms with Gasteiger partial charge in [-0.2, -0.15) is 8.78 Å². The van der Waals surface area contributed by atoms with Crippen molar-refractivity contribution >= 4 is 5.91 Å². The summed E-state index contributed by atoms with van der Waals surface area (Å²) in [5.74, 6) is -1.19. The summed E-state index contributed by atoms with van der Waals surface area (Å²) in [6.45, 7) is 1.01. The maximum Gasteiger partial charge on any atom is 0.315 e. The Morgan fingerprint density at radius 1 is 1.45 bits per heavy atom. The minimum atomic E-state index is -2.90. The predicted octanol–water partition coefficient (Wildman–Crippen LogP) is -0.0228. The van der Waals surface area contributed by atoms with Crippen LogP contribution in [0.4, 0.5) is 8.78 Å². The van der Waals surface area contributed by atoms with Crippen LogP contribution in [-0.4, -0.2) is 32.5 Å². The summed E-state index contributed by atoms with van der Waals surface area (Å²) in [5.41, 5.74) is 0. The van der Waals surface area contributed by atoms with Crippen LogP contribution in [0, 0.1) is 0 Å². The molecule has 0 atom stereocenters. The lowest BCUT2D eigenvalue weighted by molar-refractivity contribution is -0.131. The third kappa shape index (κ3) is 5.72. The monoisotopic (exact) mass is 166 g/mol. The molecule has 0 saturated heterocycles. The number of nitrogens with one attached hydrogen (secondary N) is 2. The summed E-state index contributed by atoms with van der Waals surface area (Å²) in [6.07, 6.45) is -2.24. The molecule has 0 aromatic heterocycles. The van der Waals surface area contributed by atoms with Crippen LogP contribution in [0.15, 0.2) is 0 Å². The van der Waals surface area contributed by atoms with Crippen molar-refractivity contribution in [3.8, 4) is 0 Å². The van der Waals surface area contributed by atoms with Crippen LogP contribution in [0.3, 0.4) is 0 Å². The molecular formula is C6H12F2N2O. The molecule has 5 heteroatoms. The van der Waals surface area contributed by atoms with Crippen molar-refractivity contribution in [3.63, 3.8) is 0 Å². The third-order valence-electron chi connectivity index (χ3n) is 1.10. The Labute approximate surface area is 64.2 Å².